The quantitative estimate of drug-likeness (QED) is 0.714. The molecule has 0 aromatic carbocycles. The summed E-state index contributed by atoms with van der Waals surface area (Å²) in [5.41, 5.74) is 0. The van der Waals surface area contributed by atoms with Gasteiger partial charge >= 0.3 is 0 Å². The van der Waals surface area contributed by atoms with Crippen molar-refractivity contribution in [3.8, 4) is 0 Å². The van der Waals surface area contributed by atoms with Gasteiger partial charge in [-0.05, 0) is 31.2 Å². The van der Waals surface area contributed by atoms with Crippen molar-refractivity contribution < 1.29 is 4.79 Å². The first-order valence-electron chi connectivity index (χ1n) is 5.64. The number of amides is 1. The Bertz CT molecular complexity index is 194. The third-order valence-corrected chi connectivity index (χ3v) is 3.46. The molecule has 0 aromatic rings. The molecule has 82 valence electrons. The SMILES string of the molecule is CCC(C)C1CCNC(C(=O)NC)C1. The minimum atomic E-state index is 0.0350. The van der Waals surface area contributed by atoms with Crippen LogP contribution in [0.2, 0.25) is 0 Å². The highest BCUT2D eigenvalue weighted by Gasteiger charge is 2.28. The van der Waals surface area contributed by atoms with Crippen LogP contribution < -0.4 is 10.6 Å². The van der Waals surface area contributed by atoms with E-state index in [-0.39, 0.29) is 11.9 Å². The molecular formula is C11H22N2O. The first-order chi connectivity index (χ1) is 6.69. The second kappa shape index (κ2) is 5.35. The fraction of sp³-hybridized carbons (Fsp3) is 0.909. The second-order valence-corrected chi connectivity index (χ2v) is 4.29. The first-order valence-corrected chi connectivity index (χ1v) is 5.64. The Kier molecular flexibility index (Phi) is 4.39. The average Bonchev–Trinajstić information content (AvgIpc) is 2.27. The molecule has 1 aliphatic heterocycles. The monoisotopic (exact) mass is 198 g/mol. The van der Waals surface area contributed by atoms with Crippen LogP contribution in [-0.2, 0) is 4.79 Å². The maximum Gasteiger partial charge on any atom is 0.236 e. The van der Waals surface area contributed by atoms with Crippen molar-refractivity contribution in [1.29, 1.82) is 0 Å². The van der Waals surface area contributed by atoms with E-state index in [0.717, 1.165) is 18.9 Å². The highest BCUT2D eigenvalue weighted by molar-refractivity contribution is 5.81. The number of piperidine rings is 1. The molecule has 1 rings (SSSR count). The summed E-state index contributed by atoms with van der Waals surface area (Å²) in [6.45, 7) is 5.49. The lowest BCUT2D eigenvalue weighted by atomic mass is 9.81. The molecule has 0 aliphatic carbocycles. The topological polar surface area (TPSA) is 41.1 Å². The molecule has 14 heavy (non-hydrogen) atoms. The van der Waals surface area contributed by atoms with Gasteiger partial charge < -0.3 is 10.6 Å². The summed E-state index contributed by atoms with van der Waals surface area (Å²) < 4.78 is 0. The third-order valence-electron chi connectivity index (χ3n) is 3.46. The zero-order chi connectivity index (χ0) is 10.6. The van der Waals surface area contributed by atoms with E-state index in [1.807, 2.05) is 0 Å². The number of likely N-dealkylation sites (N-methyl/N-ethyl adjacent to an activating group) is 1. The molecule has 2 N–H and O–H groups in total. The molecule has 1 amide bonds. The van der Waals surface area contributed by atoms with Crippen LogP contribution in [0.5, 0.6) is 0 Å². The normalized spacial score (nSPS) is 29.6. The molecule has 0 radical (unpaired) electrons. The van der Waals surface area contributed by atoms with Gasteiger partial charge in [0.2, 0.25) is 5.91 Å². The molecule has 0 spiro atoms. The maximum atomic E-state index is 11.4. The highest BCUT2D eigenvalue weighted by atomic mass is 16.2. The van der Waals surface area contributed by atoms with Gasteiger partial charge in [0.1, 0.15) is 0 Å². The summed E-state index contributed by atoms with van der Waals surface area (Å²) in [4.78, 5) is 11.4. The molecule has 0 saturated carbocycles. The molecule has 1 fully saturated rings. The molecular weight excluding hydrogens is 176 g/mol. The number of hydrogen-bond donors (Lipinski definition) is 2. The smallest absolute Gasteiger partial charge is 0.236 e. The van der Waals surface area contributed by atoms with Crippen molar-refractivity contribution in [2.24, 2.45) is 11.8 Å². The summed E-state index contributed by atoms with van der Waals surface area (Å²) in [6, 6.07) is 0.0350. The van der Waals surface area contributed by atoms with Crippen molar-refractivity contribution in [2.75, 3.05) is 13.6 Å². The van der Waals surface area contributed by atoms with Crippen LogP contribution in [0, 0.1) is 11.8 Å². The Balaban J connectivity index is 2.47. The third kappa shape index (κ3) is 2.71. The molecule has 3 unspecified atom stereocenters. The van der Waals surface area contributed by atoms with Crippen molar-refractivity contribution in [3.63, 3.8) is 0 Å². The Morgan fingerprint density at radius 2 is 2.36 bits per heavy atom. The largest absolute Gasteiger partial charge is 0.358 e. The van der Waals surface area contributed by atoms with Crippen molar-refractivity contribution >= 4 is 5.91 Å². The Morgan fingerprint density at radius 1 is 1.64 bits per heavy atom. The van der Waals surface area contributed by atoms with Gasteiger partial charge in [0.05, 0.1) is 6.04 Å². The fourth-order valence-corrected chi connectivity index (χ4v) is 2.17. The van der Waals surface area contributed by atoms with Crippen molar-refractivity contribution in [1.82, 2.24) is 10.6 Å². The summed E-state index contributed by atoms with van der Waals surface area (Å²) in [5.74, 6) is 1.59. The van der Waals surface area contributed by atoms with Crippen molar-refractivity contribution in [2.45, 2.75) is 39.2 Å². The van der Waals surface area contributed by atoms with Crippen molar-refractivity contribution in [3.05, 3.63) is 0 Å². The van der Waals surface area contributed by atoms with Gasteiger partial charge in [-0.15, -0.1) is 0 Å². The van der Waals surface area contributed by atoms with Crippen LogP contribution in [0.4, 0.5) is 0 Å². The van der Waals surface area contributed by atoms with E-state index in [9.17, 15) is 4.79 Å². The van der Waals surface area contributed by atoms with E-state index in [1.165, 1.54) is 12.8 Å². The van der Waals surface area contributed by atoms with Crippen LogP contribution in [0.3, 0.4) is 0 Å². The maximum absolute atomic E-state index is 11.4. The Hall–Kier alpha value is -0.570. The van der Waals surface area contributed by atoms with Crippen LogP contribution >= 0.6 is 0 Å². The van der Waals surface area contributed by atoms with Crippen LogP contribution in [-0.4, -0.2) is 25.5 Å². The van der Waals surface area contributed by atoms with E-state index >= 15 is 0 Å². The number of carbonyl (C=O) groups excluding carboxylic acids is 1. The van der Waals surface area contributed by atoms with Gasteiger partial charge in [-0.1, -0.05) is 20.3 Å². The zero-order valence-corrected chi connectivity index (χ0v) is 9.47. The van der Waals surface area contributed by atoms with Gasteiger partial charge in [0.25, 0.3) is 0 Å². The minimum Gasteiger partial charge on any atom is -0.358 e. The molecule has 3 nitrogen and oxygen atoms in total. The first kappa shape index (κ1) is 11.5. The number of hydrogen-bond acceptors (Lipinski definition) is 2. The van der Waals surface area contributed by atoms with E-state index in [0.29, 0.717) is 5.92 Å². The fourth-order valence-electron chi connectivity index (χ4n) is 2.17. The second-order valence-electron chi connectivity index (χ2n) is 4.29. The lowest BCUT2D eigenvalue weighted by Gasteiger charge is -2.32. The number of rotatable bonds is 3. The standard InChI is InChI=1S/C11H22N2O/c1-4-8(2)9-5-6-13-10(7-9)11(14)12-3/h8-10,13H,4-7H2,1-3H3,(H,12,14). The molecule has 3 heteroatoms. The van der Waals surface area contributed by atoms with Crippen LogP contribution in [0.1, 0.15) is 33.1 Å². The lowest BCUT2D eigenvalue weighted by Crippen LogP contribution is -2.48. The van der Waals surface area contributed by atoms with Gasteiger partial charge in [-0.25, -0.2) is 0 Å². The predicted molar refractivity (Wildman–Crippen MR) is 58.0 cm³/mol. The molecule has 3 atom stereocenters. The minimum absolute atomic E-state index is 0.0350. The molecule has 0 aromatic heterocycles. The van der Waals surface area contributed by atoms with E-state index < -0.39 is 0 Å². The van der Waals surface area contributed by atoms with Crippen LogP contribution in [0.25, 0.3) is 0 Å². The molecule has 1 heterocycles. The number of nitrogens with one attached hydrogen (secondary N) is 2. The van der Waals surface area contributed by atoms with Gasteiger partial charge in [-0.2, -0.15) is 0 Å². The molecule has 0 bridgehead atoms. The zero-order valence-electron chi connectivity index (χ0n) is 9.47. The Labute approximate surface area is 86.6 Å². The van der Waals surface area contributed by atoms with Gasteiger partial charge in [0, 0.05) is 7.05 Å². The predicted octanol–water partition coefficient (Wildman–Crippen LogP) is 1.15. The van der Waals surface area contributed by atoms with Crippen LogP contribution in [0.15, 0.2) is 0 Å². The van der Waals surface area contributed by atoms with E-state index in [4.69, 9.17) is 0 Å². The molecule has 1 aliphatic rings. The van der Waals surface area contributed by atoms with E-state index in [2.05, 4.69) is 24.5 Å². The lowest BCUT2D eigenvalue weighted by molar-refractivity contribution is -0.123. The summed E-state index contributed by atoms with van der Waals surface area (Å²) >= 11 is 0. The number of carbonyl (C=O) groups is 1. The van der Waals surface area contributed by atoms with Gasteiger partial charge in [-0.3, -0.25) is 4.79 Å². The Morgan fingerprint density at radius 3 is 2.93 bits per heavy atom. The average molecular weight is 198 g/mol. The summed E-state index contributed by atoms with van der Waals surface area (Å²) in [5, 5.41) is 5.98. The summed E-state index contributed by atoms with van der Waals surface area (Å²) in [7, 11) is 1.71. The van der Waals surface area contributed by atoms with Gasteiger partial charge in [0.15, 0.2) is 0 Å². The highest BCUT2D eigenvalue weighted by Crippen LogP contribution is 2.26. The molecule has 1 saturated heterocycles. The van der Waals surface area contributed by atoms with E-state index in [1.54, 1.807) is 7.05 Å². The summed E-state index contributed by atoms with van der Waals surface area (Å²) in [6.07, 6.45) is 3.42.